The number of carbonyl (C=O) groups is 1. The van der Waals surface area contributed by atoms with Gasteiger partial charge in [0.15, 0.2) is 4.77 Å². The molecule has 1 fully saturated rings. The van der Waals surface area contributed by atoms with E-state index in [0.29, 0.717) is 38.8 Å². The van der Waals surface area contributed by atoms with Crippen molar-refractivity contribution in [1.29, 1.82) is 0 Å². The minimum atomic E-state index is -0.207. The van der Waals surface area contributed by atoms with Crippen LogP contribution in [-0.2, 0) is 6.54 Å². The second-order valence-electron chi connectivity index (χ2n) is 8.01. The third-order valence-corrected chi connectivity index (χ3v) is 6.48. The first-order valence-corrected chi connectivity index (χ1v) is 10.4. The smallest absolute Gasteiger partial charge is 0.262 e. The lowest BCUT2D eigenvalue weighted by Crippen LogP contribution is -2.43. The van der Waals surface area contributed by atoms with Crippen LogP contribution >= 0.6 is 12.2 Å². The highest BCUT2D eigenvalue weighted by Crippen LogP contribution is 2.29. The van der Waals surface area contributed by atoms with Crippen molar-refractivity contribution < 1.29 is 9.21 Å². The summed E-state index contributed by atoms with van der Waals surface area (Å²) in [6, 6.07) is 8.84. The molecule has 1 aromatic carbocycles. The van der Waals surface area contributed by atoms with Crippen LogP contribution in [0, 0.1) is 16.6 Å². The van der Waals surface area contributed by atoms with Crippen LogP contribution in [0.2, 0.25) is 0 Å². The molecular weight excluding hydrogens is 386 g/mol. The number of furan rings is 1. The molecule has 29 heavy (non-hydrogen) atoms. The molecule has 2 N–H and O–H groups in total. The summed E-state index contributed by atoms with van der Waals surface area (Å²) >= 11 is 5.37. The predicted molar refractivity (Wildman–Crippen MR) is 115 cm³/mol. The van der Waals surface area contributed by atoms with Gasteiger partial charge in [0.2, 0.25) is 0 Å². The predicted octanol–water partition coefficient (Wildman–Crippen LogP) is 4.25. The summed E-state index contributed by atoms with van der Waals surface area (Å²) in [5.74, 6) is 1.59. The van der Waals surface area contributed by atoms with Gasteiger partial charge in [-0.05, 0) is 60.8 Å². The van der Waals surface area contributed by atoms with Crippen molar-refractivity contribution in [3.63, 3.8) is 0 Å². The fourth-order valence-corrected chi connectivity index (χ4v) is 4.39. The van der Waals surface area contributed by atoms with Gasteiger partial charge in [-0.3, -0.25) is 14.2 Å². The lowest BCUT2D eigenvalue weighted by Gasteiger charge is -2.34. The van der Waals surface area contributed by atoms with Crippen molar-refractivity contribution in [1.82, 2.24) is 14.9 Å². The van der Waals surface area contributed by atoms with E-state index in [1.165, 1.54) is 11.0 Å². The molecule has 2 heterocycles. The van der Waals surface area contributed by atoms with Gasteiger partial charge in [-0.25, -0.2) is 0 Å². The Morgan fingerprint density at radius 1 is 1.31 bits per heavy atom. The quantitative estimate of drug-likeness (QED) is 0.629. The topological polar surface area (TPSA) is 80.0 Å². The van der Waals surface area contributed by atoms with Gasteiger partial charge in [-0.1, -0.05) is 26.7 Å². The maximum absolute atomic E-state index is 12.9. The molecule has 7 heteroatoms. The monoisotopic (exact) mass is 411 g/mol. The SMILES string of the molecule is C[C@@H]1[C@H](C)CCC[C@@H]1NC(=O)c1ccc2c(=O)n(Cc3ccco3)c(=S)[nH]c2c1. The molecule has 1 aliphatic carbocycles. The lowest BCUT2D eigenvalue weighted by atomic mass is 9.78. The lowest BCUT2D eigenvalue weighted by molar-refractivity contribution is 0.0891. The molecule has 0 unspecified atom stereocenters. The number of hydrogen-bond acceptors (Lipinski definition) is 4. The molecule has 4 rings (SSSR count). The Morgan fingerprint density at radius 3 is 2.90 bits per heavy atom. The van der Waals surface area contributed by atoms with Crippen LogP contribution in [0.5, 0.6) is 0 Å². The highest BCUT2D eigenvalue weighted by molar-refractivity contribution is 7.71. The Hall–Kier alpha value is -2.67. The Kier molecular flexibility index (Phi) is 5.41. The number of carbonyl (C=O) groups excluding carboxylic acids is 1. The fourth-order valence-electron chi connectivity index (χ4n) is 4.14. The average molecular weight is 412 g/mol. The van der Waals surface area contributed by atoms with Crippen LogP contribution in [0.4, 0.5) is 0 Å². The first kappa shape index (κ1) is 19.6. The average Bonchev–Trinajstić information content (AvgIpc) is 3.21. The van der Waals surface area contributed by atoms with Gasteiger partial charge in [-0.2, -0.15) is 0 Å². The van der Waals surface area contributed by atoms with Gasteiger partial charge in [0.1, 0.15) is 5.76 Å². The Balaban J connectivity index is 1.62. The summed E-state index contributed by atoms with van der Waals surface area (Å²) in [5.41, 5.74) is 0.881. The Bertz CT molecular complexity index is 1150. The maximum atomic E-state index is 12.9. The van der Waals surface area contributed by atoms with E-state index < -0.39 is 0 Å². The summed E-state index contributed by atoms with van der Waals surface area (Å²) in [6.45, 7) is 4.71. The van der Waals surface area contributed by atoms with Gasteiger partial charge in [0, 0.05) is 11.6 Å². The zero-order chi connectivity index (χ0) is 20.5. The standard InChI is InChI=1S/C22H25N3O3S/c1-13-5-3-7-18(14(13)2)23-20(26)15-8-9-17-19(11-15)24-22(29)25(21(17)27)12-16-6-4-10-28-16/h4,6,8-11,13-14,18H,3,5,7,12H2,1-2H3,(H,23,26)(H,24,29)/t13-,14-,18+/m1/s1. The molecule has 3 aromatic rings. The van der Waals surface area contributed by atoms with Crippen LogP contribution < -0.4 is 10.9 Å². The van der Waals surface area contributed by atoms with Crippen molar-refractivity contribution in [2.75, 3.05) is 0 Å². The van der Waals surface area contributed by atoms with E-state index in [0.717, 1.165) is 12.8 Å². The molecule has 0 saturated heterocycles. The molecule has 0 spiro atoms. The van der Waals surface area contributed by atoms with Crippen LogP contribution in [0.1, 0.15) is 49.2 Å². The van der Waals surface area contributed by atoms with Crippen LogP contribution in [0.25, 0.3) is 10.9 Å². The van der Waals surface area contributed by atoms with Crippen molar-refractivity contribution >= 4 is 29.0 Å². The van der Waals surface area contributed by atoms with Crippen LogP contribution in [-0.4, -0.2) is 21.5 Å². The van der Waals surface area contributed by atoms with Gasteiger partial charge in [0.25, 0.3) is 11.5 Å². The molecule has 3 atom stereocenters. The molecule has 152 valence electrons. The number of aromatic nitrogens is 2. The number of nitrogens with one attached hydrogen (secondary N) is 2. The number of hydrogen-bond donors (Lipinski definition) is 2. The van der Waals surface area contributed by atoms with Crippen molar-refractivity contribution in [2.24, 2.45) is 11.8 Å². The first-order chi connectivity index (χ1) is 13.9. The van der Waals surface area contributed by atoms with Gasteiger partial charge in [-0.15, -0.1) is 0 Å². The molecule has 6 nitrogen and oxygen atoms in total. The molecule has 0 aliphatic heterocycles. The third kappa shape index (κ3) is 3.92. The molecule has 0 bridgehead atoms. The fraction of sp³-hybridized carbons (Fsp3) is 0.409. The summed E-state index contributed by atoms with van der Waals surface area (Å²) in [5, 5.41) is 3.66. The zero-order valence-corrected chi connectivity index (χ0v) is 17.4. The number of rotatable bonds is 4. The second kappa shape index (κ2) is 7.99. The van der Waals surface area contributed by atoms with E-state index in [-0.39, 0.29) is 24.1 Å². The minimum Gasteiger partial charge on any atom is -0.467 e. The molecule has 2 aromatic heterocycles. The Morgan fingerprint density at radius 2 is 2.14 bits per heavy atom. The molecule has 0 radical (unpaired) electrons. The molecule has 1 amide bonds. The highest BCUT2D eigenvalue weighted by Gasteiger charge is 2.28. The van der Waals surface area contributed by atoms with Crippen molar-refractivity contribution in [3.05, 3.63) is 63.0 Å². The van der Waals surface area contributed by atoms with Gasteiger partial charge < -0.3 is 14.7 Å². The van der Waals surface area contributed by atoms with E-state index in [1.54, 1.807) is 36.6 Å². The second-order valence-corrected chi connectivity index (χ2v) is 8.40. The number of amides is 1. The van der Waals surface area contributed by atoms with E-state index in [4.69, 9.17) is 16.6 Å². The minimum absolute atomic E-state index is 0.114. The van der Waals surface area contributed by atoms with Gasteiger partial charge >= 0.3 is 0 Å². The van der Waals surface area contributed by atoms with Crippen LogP contribution in [0.15, 0.2) is 45.8 Å². The summed E-state index contributed by atoms with van der Waals surface area (Å²) in [6.07, 6.45) is 4.92. The largest absolute Gasteiger partial charge is 0.467 e. The van der Waals surface area contributed by atoms with E-state index >= 15 is 0 Å². The van der Waals surface area contributed by atoms with E-state index in [1.807, 2.05) is 0 Å². The molecule has 1 aliphatic rings. The summed E-state index contributed by atoms with van der Waals surface area (Å²) < 4.78 is 7.08. The molecular formula is C22H25N3O3S. The maximum Gasteiger partial charge on any atom is 0.262 e. The van der Waals surface area contributed by atoms with Crippen molar-refractivity contribution in [3.8, 4) is 0 Å². The number of nitrogens with zero attached hydrogens (tertiary/aromatic N) is 1. The molecule has 1 saturated carbocycles. The van der Waals surface area contributed by atoms with Crippen molar-refractivity contribution in [2.45, 2.75) is 45.7 Å². The third-order valence-electron chi connectivity index (χ3n) is 6.16. The van der Waals surface area contributed by atoms with E-state index in [9.17, 15) is 9.59 Å². The van der Waals surface area contributed by atoms with Crippen LogP contribution in [0.3, 0.4) is 0 Å². The first-order valence-electron chi connectivity index (χ1n) is 10.0. The van der Waals surface area contributed by atoms with Gasteiger partial charge in [0.05, 0.1) is 23.7 Å². The summed E-state index contributed by atoms with van der Waals surface area (Å²) in [7, 11) is 0. The van der Waals surface area contributed by atoms with E-state index in [2.05, 4.69) is 24.1 Å². The number of benzene rings is 1. The number of fused-ring (bicyclic) bond motifs is 1. The summed E-state index contributed by atoms with van der Waals surface area (Å²) in [4.78, 5) is 28.8. The number of H-pyrrole nitrogens is 1. The normalized spacial score (nSPS) is 21.9. The number of aromatic amines is 1. The zero-order valence-electron chi connectivity index (χ0n) is 16.6. The highest BCUT2D eigenvalue weighted by atomic mass is 32.1. The Labute approximate surface area is 173 Å².